The van der Waals surface area contributed by atoms with Crippen LogP contribution in [-0.2, 0) is 13.6 Å². The van der Waals surface area contributed by atoms with E-state index in [1.54, 1.807) is 0 Å². The highest BCUT2D eigenvalue weighted by Crippen LogP contribution is 2.40. The summed E-state index contributed by atoms with van der Waals surface area (Å²) in [6.07, 6.45) is 70.4. The fourth-order valence-electron chi connectivity index (χ4n) is 7.58. The fraction of sp³-hybridized carbons (Fsp3) is 0.889. The topological polar surface area (TPSA) is 27.7 Å². The van der Waals surface area contributed by atoms with Gasteiger partial charge in [-0.05, 0) is 96.3 Å². The van der Waals surface area contributed by atoms with Crippen LogP contribution in [0.3, 0.4) is 0 Å². The summed E-state index contributed by atoms with van der Waals surface area (Å²) in [7, 11) is -1.21. The molecule has 0 spiro atoms. The van der Waals surface area contributed by atoms with Gasteiger partial charge in [-0.15, -0.1) is 0 Å². The molecule has 0 atom stereocenters. The highest BCUT2D eigenvalue weighted by molar-refractivity contribution is 7.41. The van der Waals surface area contributed by atoms with Crippen molar-refractivity contribution < 1.29 is 13.6 Å². The lowest BCUT2D eigenvalue weighted by molar-refractivity contribution is 0.153. The second-order valence-electron chi connectivity index (χ2n) is 17.5. The molecule has 0 aliphatic carbocycles. The van der Waals surface area contributed by atoms with Crippen molar-refractivity contribution in [2.45, 2.75) is 290 Å². The molecule has 0 fully saturated rings. The molecule has 0 N–H and O–H groups in total. The SMILES string of the molecule is CCCCCCCC/C=C\CCCCCCCCOP(OCCCCCCCC/C=C\CCCCCCCC)OCCCCCCCC/C=C\CCCCCCCC. The van der Waals surface area contributed by atoms with Crippen molar-refractivity contribution in [3.05, 3.63) is 36.5 Å². The van der Waals surface area contributed by atoms with Gasteiger partial charge in [-0.1, -0.05) is 231 Å². The summed E-state index contributed by atoms with van der Waals surface area (Å²) < 4.78 is 18.7. The smallest absolute Gasteiger partial charge is 0.312 e. The molecule has 58 heavy (non-hydrogen) atoms. The van der Waals surface area contributed by atoms with Crippen molar-refractivity contribution in [3.8, 4) is 0 Å². The molecule has 0 rings (SSSR count). The van der Waals surface area contributed by atoms with Crippen LogP contribution in [0.1, 0.15) is 290 Å². The lowest BCUT2D eigenvalue weighted by atomic mass is 10.1. The molecule has 0 bridgehead atoms. The predicted molar refractivity (Wildman–Crippen MR) is 263 cm³/mol. The van der Waals surface area contributed by atoms with Gasteiger partial charge in [0.1, 0.15) is 0 Å². The van der Waals surface area contributed by atoms with Crippen LogP contribution < -0.4 is 0 Å². The van der Waals surface area contributed by atoms with Crippen molar-refractivity contribution in [1.82, 2.24) is 0 Å². The van der Waals surface area contributed by atoms with Crippen molar-refractivity contribution >= 4 is 8.60 Å². The van der Waals surface area contributed by atoms with Gasteiger partial charge in [-0.2, -0.15) is 0 Å². The number of hydrogen-bond donors (Lipinski definition) is 0. The Morgan fingerprint density at radius 3 is 0.603 bits per heavy atom. The maximum atomic E-state index is 6.22. The molecule has 344 valence electrons. The van der Waals surface area contributed by atoms with E-state index in [2.05, 4.69) is 57.2 Å². The highest BCUT2D eigenvalue weighted by Gasteiger charge is 2.12. The van der Waals surface area contributed by atoms with Crippen LogP contribution in [0.2, 0.25) is 0 Å². The molecule has 0 aliphatic rings. The first-order valence-electron chi connectivity index (χ1n) is 26.5. The molecule has 0 aromatic rings. The van der Waals surface area contributed by atoms with E-state index in [-0.39, 0.29) is 0 Å². The lowest BCUT2D eigenvalue weighted by Crippen LogP contribution is -2.00. The van der Waals surface area contributed by atoms with Gasteiger partial charge >= 0.3 is 8.60 Å². The second kappa shape index (κ2) is 54.5. The van der Waals surface area contributed by atoms with Gasteiger partial charge in [-0.3, -0.25) is 0 Å². The number of allylic oxidation sites excluding steroid dienone is 6. The van der Waals surface area contributed by atoms with Crippen molar-refractivity contribution in [2.24, 2.45) is 0 Å². The predicted octanol–water partition coefficient (Wildman–Crippen LogP) is 20.4. The Kier molecular flexibility index (Phi) is 54.1. The van der Waals surface area contributed by atoms with E-state index < -0.39 is 8.60 Å². The molecule has 3 nitrogen and oxygen atoms in total. The summed E-state index contributed by atoms with van der Waals surface area (Å²) in [5, 5.41) is 0. The zero-order valence-electron chi connectivity index (χ0n) is 40.0. The third-order valence-corrected chi connectivity index (χ3v) is 12.7. The minimum Gasteiger partial charge on any atom is -0.312 e. The van der Waals surface area contributed by atoms with Crippen molar-refractivity contribution in [3.63, 3.8) is 0 Å². The number of hydrogen-bond acceptors (Lipinski definition) is 3. The minimum atomic E-state index is -1.21. The fourth-order valence-corrected chi connectivity index (χ4v) is 8.64. The number of rotatable bonds is 51. The monoisotopic (exact) mass is 833 g/mol. The summed E-state index contributed by atoms with van der Waals surface area (Å²) in [5.41, 5.74) is 0. The van der Waals surface area contributed by atoms with Crippen LogP contribution in [0, 0.1) is 0 Å². The van der Waals surface area contributed by atoms with Crippen LogP contribution in [-0.4, -0.2) is 19.8 Å². The van der Waals surface area contributed by atoms with E-state index in [1.165, 1.54) is 250 Å². The Morgan fingerprint density at radius 1 is 0.224 bits per heavy atom. The molecule has 0 aromatic carbocycles. The Bertz CT molecular complexity index is 705. The molecule has 0 amide bonds. The zero-order valence-corrected chi connectivity index (χ0v) is 40.9. The van der Waals surface area contributed by atoms with Crippen molar-refractivity contribution in [1.29, 1.82) is 0 Å². The summed E-state index contributed by atoms with van der Waals surface area (Å²) in [6, 6.07) is 0. The summed E-state index contributed by atoms with van der Waals surface area (Å²) >= 11 is 0. The van der Waals surface area contributed by atoms with E-state index in [4.69, 9.17) is 13.6 Å². The molecule has 4 heteroatoms. The van der Waals surface area contributed by atoms with Gasteiger partial charge < -0.3 is 13.6 Å². The minimum absolute atomic E-state index is 0.772. The van der Waals surface area contributed by atoms with Crippen LogP contribution in [0.15, 0.2) is 36.5 Å². The maximum Gasteiger partial charge on any atom is 0.332 e. The quantitative estimate of drug-likeness (QED) is 0.0347. The van der Waals surface area contributed by atoms with Gasteiger partial charge in [0.2, 0.25) is 0 Å². The standard InChI is InChI=1S/C54H105O3P/c1-4-7-10-13-16-19-22-25-28-31-34-37-40-43-46-49-52-55-58(56-53-50-47-44-41-38-35-32-29-26-23-20-17-14-11-8-5-2)57-54-51-48-45-42-39-36-33-30-27-24-21-18-15-12-9-6-3/h25-30H,4-24,31-54H2,1-3H3/b28-25-,29-26-,30-27-. The van der Waals surface area contributed by atoms with Crippen LogP contribution in [0.4, 0.5) is 0 Å². The molecule has 0 saturated heterocycles. The van der Waals surface area contributed by atoms with Crippen LogP contribution in [0.5, 0.6) is 0 Å². The Hall–Kier alpha value is -0.470. The number of unbranched alkanes of at least 4 members (excludes halogenated alkanes) is 36. The molecule has 0 aromatic heterocycles. The van der Waals surface area contributed by atoms with E-state index in [1.807, 2.05) is 0 Å². The van der Waals surface area contributed by atoms with E-state index in [0.29, 0.717) is 0 Å². The normalized spacial score (nSPS) is 12.2. The molecular weight excluding hydrogens is 728 g/mol. The molecule has 0 heterocycles. The molecular formula is C54H105O3P. The largest absolute Gasteiger partial charge is 0.332 e. The third kappa shape index (κ3) is 51.7. The Balaban J connectivity index is 4.05. The van der Waals surface area contributed by atoms with E-state index in [9.17, 15) is 0 Å². The molecule has 0 unspecified atom stereocenters. The third-order valence-electron chi connectivity index (χ3n) is 11.6. The van der Waals surface area contributed by atoms with E-state index in [0.717, 1.165) is 39.1 Å². The molecule has 0 radical (unpaired) electrons. The van der Waals surface area contributed by atoms with Gasteiger partial charge in [0, 0.05) is 0 Å². The summed E-state index contributed by atoms with van der Waals surface area (Å²) in [4.78, 5) is 0. The van der Waals surface area contributed by atoms with Crippen LogP contribution in [0.25, 0.3) is 0 Å². The summed E-state index contributed by atoms with van der Waals surface area (Å²) in [5.74, 6) is 0. The first-order chi connectivity index (χ1) is 28.8. The molecule has 0 saturated carbocycles. The van der Waals surface area contributed by atoms with Crippen LogP contribution >= 0.6 is 8.60 Å². The second-order valence-corrected chi connectivity index (χ2v) is 18.8. The van der Waals surface area contributed by atoms with Gasteiger partial charge in [0.25, 0.3) is 0 Å². The Morgan fingerprint density at radius 2 is 0.397 bits per heavy atom. The average molecular weight is 833 g/mol. The molecule has 0 aliphatic heterocycles. The van der Waals surface area contributed by atoms with E-state index >= 15 is 0 Å². The maximum absolute atomic E-state index is 6.22. The first-order valence-corrected chi connectivity index (χ1v) is 27.6. The first kappa shape index (κ1) is 57.5. The van der Waals surface area contributed by atoms with Crippen molar-refractivity contribution in [2.75, 3.05) is 19.8 Å². The van der Waals surface area contributed by atoms with Gasteiger partial charge in [0.15, 0.2) is 0 Å². The lowest BCUT2D eigenvalue weighted by Gasteiger charge is -2.17. The van der Waals surface area contributed by atoms with Gasteiger partial charge in [-0.25, -0.2) is 0 Å². The van der Waals surface area contributed by atoms with Gasteiger partial charge in [0.05, 0.1) is 19.8 Å². The zero-order chi connectivity index (χ0) is 41.8. The Labute approximate surface area is 367 Å². The summed E-state index contributed by atoms with van der Waals surface area (Å²) in [6.45, 7) is 9.20. The average Bonchev–Trinajstić information content (AvgIpc) is 3.23. The highest BCUT2D eigenvalue weighted by atomic mass is 31.2.